The number of hydrogen-bond donors (Lipinski definition) is 0. The lowest BCUT2D eigenvalue weighted by molar-refractivity contribution is -0.389. The highest BCUT2D eigenvalue weighted by Crippen LogP contribution is 2.21. The lowest BCUT2D eigenvalue weighted by Crippen LogP contribution is -2.00. The van der Waals surface area contributed by atoms with Crippen molar-refractivity contribution in [3.63, 3.8) is 0 Å². The third-order valence-electron chi connectivity index (χ3n) is 1.59. The first-order valence-corrected chi connectivity index (χ1v) is 4.94. The summed E-state index contributed by atoms with van der Waals surface area (Å²) < 4.78 is 0.714. The van der Waals surface area contributed by atoms with E-state index in [1.807, 2.05) is 14.1 Å². The summed E-state index contributed by atoms with van der Waals surface area (Å²) in [5, 5.41) is 10.7. The average Bonchev–Trinajstić information content (AvgIpc) is 2.14. The second-order valence-electron chi connectivity index (χ2n) is 3.10. The molecule has 1 rings (SSSR count). The smallest absolute Gasteiger partial charge is 0.370 e. The standard InChI is InChI=1S/C9H10BrN3O2/c1-12(2)4-3-7-5-8(10)6-11-9(7)13(14)15/h3-6H,1-2H3. The van der Waals surface area contributed by atoms with Crippen molar-refractivity contribution in [2.75, 3.05) is 14.1 Å². The number of rotatable bonds is 3. The molecule has 1 aromatic rings. The normalized spacial score (nSPS) is 10.6. The third-order valence-corrected chi connectivity index (χ3v) is 2.02. The van der Waals surface area contributed by atoms with Crippen molar-refractivity contribution in [3.8, 4) is 0 Å². The average molecular weight is 272 g/mol. The van der Waals surface area contributed by atoms with Crippen LogP contribution in [0.1, 0.15) is 5.56 Å². The first-order valence-electron chi connectivity index (χ1n) is 4.15. The summed E-state index contributed by atoms with van der Waals surface area (Å²) in [6.45, 7) is 0. The third kappa shape index (κ3) is 3.32. The highest BCUT2D eigenvalue weighted by Gasteiger charge is 2.13. The Bertz CT molecular complexity index is 404. The number of hydrogen-bond acceptors (Lipinski definition) is 4. The molecule has 0 saturated heterocycles. The highest BCUT2D eigenvalue weighted by molar-refractivity contribution is 9.10. The van der Waals surface area contributed by atoms with Gasteiger partial charge in [0, 0.05) is 14.1 Å². The van der Waals surface area contributed by atoms with Crippen LogP contribution in [0.3, 0.4) is 0 Å². The molecule has 1 heterocycles. The van der Waals surface area contributed by atoms with Crippen LogP contribution in [0, 0.1) is 10.1 Å². The molecule has 6 heteroatoms. The van der Waals surface area contributed by atoms with Crippen LogP contribution >= 0.6 is 15.9 Å². The molecule has 0 spiro atoms. The van der Waals surface area contributed by atoms with Gasteiger partial charge in [0.2, 0.25) is 0 Å². The molecule has 0 aliphatic heterocycles. The van der Waals surface area contributed by atoms with Crippen molar-refractivity contribution in [3.05, 3.63) is 38.6 Å². The minimum absolute atomic E-state index is 0.142. The highest BCUT2D eigenvalue weighted by atomic mass is 79.9. The van der Waals surface area contributed by atoms with Gasteiger partial charge in [0.05, 0.1) is 10.0 Å². The van der Waals surface area contributed by atoms with E-state index in [1.165, 1.54) is 6.20 Å². The number of aromatic nitrogens is 1. The van der Waals surface area contributed by atoms with Crippen LogP contribution < -0.4 is 0 Å². The van der Waals surface area contributed by atoms with E-state index in [4.69, 9.17) is 0 Å². The molecule has 80 valence electrons. The van der Waals surface area contributed by atoms with Crippen LogP contribution in [0.4, 0.5) is 5.82 Å². The first-order chi connectivity index (χ1) is 7.00. The number of pyridine rings is 1. The van der Waals surface area contributed by atoms with Crippen LogP contribution in [0.15, 0.2) is 22.9 Å². The predicted octanol–water partition coefficient (Wildman–Crippen LogP) is 2.28. The van der Waals surface area contributed by atoms with E-state index in [2.05, 4.69) is 20.9 Å². The zero-order chi connectivity index (χ0) is 11.4. The molecule has 1 aromatic heterocycles. The molecule has 0 saturated carbocycles. The Balaban J connectivity index is 3.13. The quantitative estimate of drug-likeness (QED) is 0.625. The van der Waals surface area contributed by atoms with Crippen LogP contribution in [-0.2, 0) is 0 Å². The Morgan fingerprint density at radius 1 is 1.60 bits per heavy atom. The van der Waals surface area contributed by atoms with Gasteiger partial charge in [-0.25, -0.2) is 0 Å². The maximum Gasteiger partial charge on any atom is 0.370 e. The topological polar surface area (TPSA) is 59.3 Å². The van der Waals surface area contributed by atoms with Gasteiger partial charge in [-0.1, -0.05) is 0 Å². The Kier molecular flexibility index (Phi) is 3.79. The minimum Gasteiger partial charge on any atom is -0.383 e. The summed E-state index contributed by atoms with van der Waals surface area (Å²) >= 11 is 3.22. The molecule has 0 atom stereocenters. The number of nitro groups is 1. The van der Waals surface area contributed by atoms with E-state index in [9.17, 15) is 10.1 Å². The van der Waals surface area contributed by atoms with Gasteiger partial charge in [0.25, 0.3) is 0 Å². The van der Waals surface area contributed by atoms with E-state index in [-0.39, 0.29) is 5.82 Å². The van der Waals surface area contributed by atoms with Crippen molar-refractivity contribution < 1.29 is 4.92 Å². The summed E-state index contributed by atoms with van der Waals surface area (Å²) in [4.78, 5) is 15.7. The molecular weight excluding hydrogens is 262 g/mol. The SMILES string of the molecule is CN(C)C=Cc1cc(Br)cnc1[N+](=O)[O-]. The van der Waals surface area contributed by atoms with Gasteiger partial charge in [-0.15, -0.1) is 0 Å². The van der Waals surface area contributed by atoms with Gasteiger partial charge in [-0.05, 0) is 44.2 Å². The zero-order valence-electron chi connectivity index (χ0n) is 8.35. The van der Waals surface area contributed by atoms with E-state index in [0.29, 0.717) is 10.0 Å². The molecule has 0 aliphatic rings. The number of nitrogens with zero attached hydrogens (tertiary/aromatic N) is 3. The van der Waals surface area contributed by atoms with Gasteiger partial charge >= 0.3 is 5.82 Å². The molecule has 0 aromatic carbocycles. The Morgan fingerprint density at radius 2 is 2.27 bits per heavy atom. The maximum atomic E-state index is 10.7. The summed E-state index contributed by atoms with van der Waals surface area (Å²) in [6, 6.07) is 1.66. The summed E-state index contributed by atoms with van der Waals surface area (Å²) in [7, 11) is 3.68. The molecule has 0 unspecified atom stereocenters. The van der Waals surface area contributed by atoms with Gasteiger partial charge in [-0.2, -0.15) is 0 Å². The van der Waals surface area contributed by atoms with Crippen molar-refractivity contribution >= 4 is 27.8 Å². The monoisotopic (exact) mass is 271 g/mol. The molecular formula is C9H10BrN3O2. The molecule has 0 radical (unpaired) electrons. The van der Waals surface area contributed by atoms with Crippen molar-refractivity contribution in [2.45, 2.75) is 0 Å². The summed E-state index contributed by atoms with van der Waals surface area (Å²) in [6.07, 6.45) is 4.79. The molecule has 0 aliphatic carbocycles. The second-order valence-corrected chi connectivity index (χ2v) is 4.02. The van der Waals surface area contributed by atoms with Crippen LogP contribution in [0.2, 0.25) is 0 Å². The lowest BCUT2D eigenvalue weighted by atomic mass is 10.2. The molecule has 5 nitrogen and oxygen atoms in total. The number of halogens is 1. The summed E-state index contributed by atoms with van der Waals surface area (Å²) in [5.74, 6) is -0.142. The van der Waals surface area contributed by atoms with E-state index in [1.54, 1.807) is 23.2 Å². The predicted molar refractivity (Wildman–Crippen MR) is 61.3 cm³/mol. The van der Waals surface area contributed by atoms with Crippen LogP contribution in [0.25, 0.3) is 6.08 Å². The molecule has 0 amide bonds. The van der Waals surface area contributed by atoms with Gasteiger partial charge in [0.15, 0.2) is 6.20 Å². The van der Waals surface area contributed by atoms with Crippen LogP contribution in [-0.4, -0.2) is 28.9 Å². The Hall–Kier alpha value is -1.43. The van der Waals surface area contributed by atoms with Gasteiger partial charge in [0.1, 0.15) is 0 Å². The fourth-order valence-electron chi connectivity index (χ4n) is 0.952. The van der Waals surface area contributed by atoms with Crippen LogP contribution in [0.5, 0.6) is 0 Å². The van der Waals surface area contributed by atoms with E-state index in [0.717, 1.165) is 0 Å². The second kappa shape index (κ2) is 4.88. The van der Waals surface area contributed by atoms with Crippen molar-refractivity contribution in [1.82, 2.24) is 9.88 Å². The van der Waals surface area contributed by atoms with Gasteiger partial charge < -0.3 is 15.0 Å². The summed E-state index contributed by atoms with van der Waals surface area (Å²) in [5.41, 5.74) is 0.475. The molecule has 0 N–H and O–H groups in total. The minimum atomic E-state index is -0.498. The Morgan fingerprint density at radius 3 is 2.80 bits per heavy atom. The Labute approximate surface area is 95.7 Å². The molecule has 15 heavy (non-hydrogen) atoms. The fourth-order valence-corrected chi connectivity index (χ4v) is 1.30. The van der Waals surface area contributed by atoms with Crippen molar-refractivity contribution in [1.29, 1.82) is 0 Å². The first kappa shape index (κ1) is 11.6. The molecule has 0 bridgehead atoms. The van der Waals surface area contributed by atoms with Gasteiger partial charge in [-0.3, -0.25) is 0 Å². The van der Waals surface area contributed by atoms with E-state index < -0.39 is 4.92 Å². The molecule has 0 fully saturated rings. The van der Waals surface area contributed by atoms with E-state index >= 15 is 0 Å². The van der Waals surface area contributed by atoms with Crippen molar-refractivity contribution in [2.24, 2.45) is 0 Å². The maximum absolute atomic E-state index is 10.7. The lowest BCUT2D eigenvalue weighted by Gasteiger charge is -2.03. The largest absolute Gasteiger partial charge is 0.383 e. The zero-order valence-corrected chi connectivity index (χ0v) is 9.93. The fraction of sp³-hybridized carbons (Fsp3) is 0.222.